The predicted octanol–water partition coefficient (Wildman–Crippen LogP) is 0.0427. The predicted molar refractivity (Wildman–Crippen MR) is 71.3 cm³/mol. The molecule has 1 aromatic rings. The zero-order valence-electron chi connectivity index (χ0n) is 11.2. The number of aromatic amines is 1. The second-order valence-electron chi connectivity index (χ2n) is 5.29. The summed E-state index contributed by atoms with van der Waals surface area (Å²) in [6, 6.07) is 0. The molecule has 0 unspecified atom stereocenters. The van der Waals surface area contributed by atoms with Gasteiger partial charge in [0.15, 0.2) is 0 Å². The molecule has 20 heavy (non-hydrogen) atoms. The first kappa shape index (κ1) is 13.6. The van der Waals surface area contributed by atoms with Crippen molar-refractivity contribution in [3.05, 3.63) is 12.4 Å². The molecule has 1 saturated heterocycles. The number of aromatic nitrogens is 2. The van der Waals surface area contributed by atoms with E-state index in [0.29, 0.717) is 26.2 Å². The molecule has 1 aliphatic carbocycles. The van der Waals surface area contributed by atoms with Gasteiger partial charge < -0.3 is 4.90 Å². The summed E-state index contributed by atoms with van der Waals surface area (Å²) in [6.45, 7) is 1.66. The van der Waals surface area contributed by atoms with Gasteiger partial charge in [0.2, 0.25) is 15.9 Å². The van der Waals surface area contributed by atoms with Gasteiger partial charge in [-0.05, 0) is 12.8 Å². The first-order chi connectivity index (χ1) is 9.59. The second-order valence-corrected chi connectivity index (χ2v) is 7.23. The zero-order chi connectivity index (χ0) is 14.2. The van der Waals surface area contributed by atoms with Gasteiger partial charge in [-0.1, -0.05) is 6.42 Å². The van der Waals surface area contributed by atoms with Crippen LogP contribution in [0.15, 0.2) is 17.3 Å². The molecule has 0 atom stereocenters. The fourth-order valence-corrected chi connectivity index (χ4v) is 3.92. The van der Waals surface area contributed by atoms with Crippen molar-refractivity contribution in [2.45, 2.75) is 24.2 Å². The Morgan fingerprint density at radius 2 is 1.95 bits per heavy atom. The van der Waals surface area contributed by atoms with Gasteiger partial charge in [0, 0.05) is 38.3 Å². The lowest BCUT2D eigenvalue weighted by molar-refractivity contribution is -0.139. The highest BCUT2D eigenvalue weighted by atomic mass is 32.2. The number of rotatable bonds is 3. The molecule has 0 radical (unpaired) electrons. The number of nitrogens with one attached hydrogen (secondary N) is 1. The van der Waals surface area contributed by atoms with Crippen molar-refractivity contribution < 1.29 is 13.2 Å². The zero-order valence-corrected chi connectivity index (χ0v) is 12.0. The monoisotopic (exact) mass is 298 g/mol. The summed E-state index contributed by atoms with van der Waals surface area (Å²) < 4.78 is 26.0. The van der Waals surface area contributed by atoms with Crippen molar-refractivity contribution in [1.82, 2.24) is 19.4 Å². The van der Waals surface area contributed by atoms with Crippen LogP contribution >= 0.6 is 0 Å². The minimum atomic E-state index is -3.48. The minimum absolute atomic E-state index is 0.173. The Balaban J connectivity index is 1.62. The smallest absolute Gasteiger partial charge is 0.246 e. The van der Waals surface area contributed by atoms with Crippen LogP contribution in [0.1, 0.15) is 19.3 Å². The summed E-state index contributed by atoms with van der Waals surface area (Å²) in [6.07, 6.45) is 5.77. The van der Waals surface area contributed by atoms with E-state index in [1.165, 1.54) is 16.7 Å². The van der Waals surface area contributed by atoms with Crippen LogP contribution in [0.2, 0.25) is 0 Å². The van der Waals surface area contributed by atoms with Crippen LogP contribution in [0.3, 0.4) is 0 Å². The number of hydrogen-bond acceptors (Lipinski definition) is 4. The first-order valence-electron chi connectivity index (χ1n) is 6.87. The van der Waals surface area contributed by atoms with Crippen LogP contribution in [0.25, 0.3) is 0 Å². The highest BCUT2D eigenvalue weighted by Gasteiger charge is 2.34. The van der Waals surface area contributed by atoms with Gasteiger partial charge in [-0.3, -0.25) is 9.89 Å². The fourth-order valence-electron chi connectivity index (χ4n) is 2.59. The van der Waals surface area contributed by atoms with Gasteiger partial charge in [-0.15, -0.1) is 0 Å². The average Bonchev–Trinajstić information content (AvgIpc) is 2.91. The van der Waals surface area contributed by atoms with E-state index in [4.69, 9.17) is 0 Å². The normalized spacial score (nSPS) is 21.7. The summed E-state index contributed by atoms with van der Waals surface area (Å²) >= 11 is 0. The maximum atomic E-state index is 12.3. The minimum Gasteiger partial charge on any atom is -0.340 e. The third-order valence-corrected chi connectivity index (χ3v) is 5.98. The van der Waals surface area contributed by atoms with Crippen molar-refractivity contribution in [3.8, 4) is 0 Å². The third kappa shape index (κ3) is 2.33. The molecule has 1 aliphatic heterocycles. The SMILES string of the molecule is O=C(C1CCC1)N1CCN(S(=O)(=O)c2cn[nH]c2)CC1. The number of sulfonamides is 1. The molecule has 7 nitrogen and oxygen atoms in total. The van der Waals surface area contributed by atoms with Crippen molar-refractivity contribution in [2.75, 3.05) is 26.2 Å². The highest BCUT2D eigenvalue weighted by molar-refractivity contribution is 7.89. The molecule has 2 fully saturated rings. The topological polar surface area (TPSA) is 86.4 Å². The molecule has 1 aromatic heterocycles. The Morgan fingerprint density at radius 3 is 2.45 bits per heavy atom. The van der Waals surface area contributed by atoms with Gasteiger partial charge >= 0.3 is 0 Å². The van der Waals surface area contributed by atoms with Crippen LogP contribution in [0.4, 0.5) is 0 Å². The summed E-state index contributed by atoms with van der Waals surface area (Å²) in [4.78, 5) is 14.1. The van der Waals surface area contributed by atoms with E-state index in [0.717, 1.165) is 19.3 Å². The lowest BCUT2D eigenvalue weighted by Crippen LogP contribution is -2.52. The Bertz CT molecular complexity index is 572. The lowest BCUT2D eigenvalue weighted by Gasteiger charge is -2.37. The van der Waals surface area contributed by atoms with E-state index >= 15 is 0 Å². The Labute approximate surface area is 118 Å². The molecule has 0 spiro atoms. The number of hydrogen-bond donors (Lipinski definition) is 1. The number of piperazine rings is 1. The molecule has 8 heteroatoms. The van der Waals surface area contributed by atoms with Gasteiger partial charge in [-0.2, -0.15) is 9.40 Å². The molecule has 1 amide bonds. The van der Waals surface area contributed by atoms with Crippen LogP contribution in [0, 0.1) is 5.92 Å². The third-order valence-electron chi connectivity index (χ3n) is 4.12. The molecule has 0 aromatic carbocycles. The molecular weight excluding hydrogens is 280 g/mol. The van der Waals surface area contributed by atoms with Crippen molar-refractivity contribution in [3.63, 3.8) is 0 Å². The van der Waals surface area contributed by atoms with E-state index in [-0.39, 0.29) is 16.7 Å². The Kier molecular flexibility index (Phi) is 3.51. The molecule has 3 rings (SSSR count). The van der Waals surface area contributed by atoms with Gasteiger partial charge in [0.25, 0.3) is 0 Å². The van der Waals surface area contributed by atoms with Crippen molar-refractivity contribution >= 4 is 15.9 Å². The number of carbonyl (C=O) groups excluding carboxylic acids is 1. The van der Waals surface area contributed by atoms with Crippen molar-refractivity contribution in [2.24, 2.45) is 5.92 Å². The van der Waals surface area contributed by atoms with Crippen LogP contribution in [-0.2, 0) is 14.8 Å². The van der Waals surface area contributed by atoms with E-state index in [1.807, 2.05) is 0 Å². The van der Waals surface area contributed by atoms with Gasteiger partial charge in [-0.25, -0.2) is 8.42 Å². The standard InChI is InChI=1S/C12H18N4O3S/c17-12(10-2-1-3-10)15-4-6-16(7-5-15)20(18,19)11-8-13-14-9-11/h8-10H,1-7H2,(H,13,14). The quantitative estimate of drug-likeness (QED) is 0.854. The van der Waals surface area contributed by atoms with E-state index in [1.54, 1.807) is 4.90 Å². The molecule has 2 aliphatic rings. The van der Waals surface area contributed by atoms with E-state index in [9.17, 15) is 13.2 Å². The summed E-state index contributed by atoms with van der Waals surface area (Å²) in [5.74, 6) is 0.364. The molecule has 0 bridgehead atoms. The maximum absolute atomic E-state index is 12.3. The maximum Gasteiger partial charge on any atom is 0.246 e. The highest BCUT2D eigenvalue weighted by Crippen LogP contribution is 2.28. The molecular formula is C12H18N4O3S. The average molecular weight is 298 g/mol. The second kappa shape index (κ2) is 5.17. The van der Waals surface area contributed by atoms with E-state index < -0.39 is 10.0 Å². The van der Waals surface area contributed by atoms with Crippen LogP contribution in [-0.4, -0.2) is 59.9 Å². The number of H-pyrrole nitrogens is 1. The molecule has 2 heterocycles. The van der Waals surface area contributed by atoms with E-state index in [2.05, 4.69) is 10.2 Å². The number of carbonyl (C=O) groups is 1. The number of nitrogens with zero attached hydrogens (tertiary/aromatic N) is 3. The first-order valence-corrected chi connectivity index (χ1v) is 8.31. The van der Waals surface area contributed by atoms with Gasteiger partial charge in [0.1, 0.15) is 4.90 Å². The largest absolute Gasteiger partial charge is 0.340 e. The summed E-state index contributed by atoms with van der Waals surface area (Å²) in [5.41, 5.74) is 0. The van der Waals surface area contributed by atoms with Gasteiger partial charge in [0.05, 0.1) is 6.20 Å². The Hall–Kier alpha value is -1.41. The molecule has 110 valence electrons. The van der Waals surface area contributed by atoms with Crippen LogP contribution in [0.5, 0.6) is 0 Å². The summed E-state index contributed by atoms with van der Waals surface area (Å²) in [7, 11) is -3.48. The fraction of sp³-hybridized carbons (Fsp3) is 0.667. The Morgan fingerprint density at radius 1 is 1.25 bits per heavy atom. The lowest BCUT2D eigenvalue weighted by atomic mass is 9.84. The molecule has 1 N–H and O–H groups in total. The summed E-state index contributed by atoms with van der Waals surface area (Å²) in [5, 5.41) is 6.18. The molecule has 1 saturated carbocycles. The van der Waals surface area contributed by atoms with Crippen LogP contribution < -0.4 is 0 Å². The van der Waals surface area contributed by atoms with Crippen molar-refractivity contribution in [1.29, 1.82) is 0 Å². The number of amides is 1.